The van der Waals surface area contributed by atoms with Crippen LogP contribution >= 0.6 is 15.9 Å². The van der Waals surface area contributed by atoms with Crippen molar-refractivity contribution in [3.8, 4) is 0 Å². The van der Waals surface area contributed by atoms with Crippen molar-refractivity contribution in [1.29, 1.82) is 0 Å². The highest BCUT2D eigenvalue weighted by atomic mass is 79.9. The molecule has 92 valence electrons. The Labute approximate surface area is 111 Å². The van der Waals surface area contributed by atoms with Gasteiger partial charge in [0.05, 0.1) is 0 Å². The number of rotatable bonds is 3. The molecule has 0 N–H and O–H groups in total. The molecule has 1 rings (SSSR count). The maximum absolute atomic E-state index is 3.82. The van der Waals surface area contributed by atoms with Crippen LogP contribution in [0.5, 0.6) is 0 Å². The third-order valence-electron chi connectivity index (χ3n) is 3.13. The second kappa shape index (κ2) is 5.09. The minimum Gasteiger partial charge on any atom is -0.383 e. The lowest BCUT2D eigenvalue weighted by atomic mass is 9.97. The SMILES string of the molecule is CC(C)c1c(Br)c(C(C)C)n([SiH3])c1C(C)C. The molecule has 0 saturated carbocycles. The van der Waals surface area contributed by atoms with Gasteiger partial charge in [-0.2, -0.15) is 0 Å². The van der Waals surface area contributed by atoms with Gasteiger partial charge >= 0.3 is 0 Å². The number of hydrogen-bond acceptors (Lipinski definition) is 0. The Bertz CT molecular complexity index is 346. The van der Waals surface area contributed by atoms with E-state index in [9.17, 15) is 0 Å². The van der Waals surface area contributed by atoms with Crippen molar-refractivity contribution >= 4 is 26.3 Å². The minimum absolute atomic E-state index is 0.594. The molecule has 1 aromatic rings. The van der Waals surface area contributed by atoms with E-state index in [1.165, 1.54) is 21.4 Å². The van der Waals surface area contributed by atoms with Crippen molar-refractivity contribution in [1.82, 2.24) is 4.23 Å². The Hall–Kier alpha value is -0.0231. The fourth-order valence-electron chi connectivity index (χ4n) is 2.60. The van der Waals surface area contributed by atoms with Crippen molar-refractivity contribution in [2.24, 2.45) is 0 Å². The van der Waals surface area contributed by atoms with E-state index in [4.69, 9.17) is 0 Å². The molecule has 0 aliphatic carbocycles. The summed E-state index contributed by atoms with van der Waals surface area (Å²) in [5, 5.41) is 0. The maximum Gasteiger partial charge on any atom is 0.113 e. The van der Waals surface area contributed by atoms with Crippen LogP contribution in [0.15, 0.2) is 4.47 Å². The lowest BCUT2D eigenvalue weighted by Gasteiger charge is -2.15. The monoisotopic (exact) mass is 301 g/mol. The minimum atomic E-state index is 0.594. The summed E-state index contributed by atoms with van der Waals surface area (Å²) in [6.45, 7) is 13.7. The van der Waals surface area contributed by atoms with Gasteiger partial charge in [-0.25, -0.2) is 0 Å². The van der Waals surface area contributed by atoms with E-state index in [2.05, 4.69) is 61.7 Å². The Morgan fingerprint density at radius 2 is 1.31 bits per heavy atom. The largest absolute Gasteiger partial charge is 0.383 e. The third kappa shape index (κ3) is 2.30. The lowest BCUT2D eigenvalue weighted by molar-refractivity contribution is 0.741. The Morgan fingerprint density at radius 3 is 1.56 bits per heavy atom. The predicted molar refractivity (Wildman–Crippen MR) is 79.7 cm³/mol. The number of nitrogens with zero attached hydrogens (tertiary/aromatic N) is 1. The lowest BCUT2D eigenvalue weighted by Crippen LogP contribution is -2.07. The smallest absolute Gasteiger partial charge is 0.113 e. The van der Waals surface area contributed by atoms with Gasteiger partial charge in [0, 0.05) is 15.9 Å². The van der Waals surface area contributed by atoms with E-state index < -0.39 is 0 Å². The van der Waals surface area contributed by atoms with Gasteiger partial charge in [0.25, 0.3) is 0 Å². The quantitative estimate of drug-likeness (QED) is 0.750. The van der Waals surface area contributed by atoms with E-state index in [0.29, 0.717) is 17.8 Å². The first kappa shape index (κ1) is 14.0. The molecular weight excluding hydrogens is 278 g/mol. The van der Waals surface area contributed by atoms with Gasteiger partial charge in [0.15, 0.2) is 0 Å². The van der Waals surface area contributed by atoms with Crippen molar-refractivity contribution in [2.75, 3.05) is 0 Å². The molecule has 0 fully saturated rings. The van der Waals surface area contributed by atoms with Crippen LogP contribution in [0.1, 0.15) is 76.2 Å². The number of hydrogen-bond donors (Lipinski definition) is 0. The molecule has 0 aromatic carbocycles. The van der Waals surface area contributed by atoms with Crippen LogP contribution in [-0.2, 0) is 0 Å². The Balaban J connectivity index is 3.53. The van der Waals surface area contributed by atoms with E-state index in [-0.39, 0.29) is 0 Å². The van der Waals surface area contributed by atoms with Crippen LogP contribution < -0.4 is 0 Å². The third-order valence-corrected chi connectivity index (χ3v) is 4.93. The van der Waals surface area contributed by atoms with Crippen LogP contribution in [-0.4, -0.2) is 14.6 Å². The fraction of sp³-hybridized carbons (Fsp3) is 0.692. The zero-order valence-electron chi connectivity index (χ0n) is 11.6. The van der Waals surface area contributed by atoms with Gasteiger partial charge in [0.2, 0.25) is 0 Å². The molecule has 0 saturated heterocycles. The molecule has 0 aliphatic heterocycles. The first-order valence-electron chi connectivity index (χ1n) is 6.16. The molecule has 0 aliphatic rings. The molecule has 0 radical (unpaired) electrons. The molecule has 0 spiro atoms. The molecule has 3 heteroatoms. The zero-order valence-corrected chi connectivity index (χ0v) is 15.1. The summed E-state index contributed by atoms with van der Waals surface area (Å²) in [6, 6.07) is 0. The molecule has 1 heterocycles. The highest BCUT2D eigenvalue weighted by Crippen LogP contribution is 2.39. The summed E-state index contributed by atoms with van der Waals surface area (Å²) in [6.07, 6.45) is 0. The van der Waals surface area contributed by atoms with Crippen LogP contribution in [0.3, 0.4) is 0 Å². The van der Waals surface area contributed by atoms with Crippen molar-refractivity contribution in [2.45, 2.75) is 59.3 Å². The number of halogens is 1. The van der Waals surface area contributed by atoms with Gasteiger partial charge in [-0.15, -0.1) is 0 Å². The fourth-order valence-corrected chi connectivity index (χ4v) is 5.81. The molecule has 0 bridgehead atoms. The second-order valence-electron chi connectivity index (χ2n) is 5.52. The average Bonchev–Trinajstić information content (AvgIpc) is 2.36. The van der Waals surface area contributed by atoms with Crippen molar-refractivity contribution < 1.29 is 0 Å². The van der Waals surface area contributed by atoms with E-state index in [0.717, 1.165) is 10.4 Å². The standard InChI is InChI=1S/C13H24BrNSi/c1-7(2)10-11(14)13(9(5)6)15(16)12(10)8(3)4/h7-9H,1-6,16H3. The van der Waals surface area contributed by atoms with Crippen LogP contribution in [0.2, 0.25) is 0 Å². The van der Waals surface area contributed by atoms with Crippen LogP contribution in [0, 0.1) is 0 Å². The summed E-state index contributed by atoms with van der Waals surface area (Å²) in [5.74, 6) is 1.80. The second-order valence-corrected chi connectivity index (χ2v) is 7.21. The zero-order chi connectivity index (χ0) is 12.6. The van der Waals surface area contributed by atoms with Gasteiger partial charge in [-0.05, 0) is 39.2 Å². The van der Waals surface area contributed by atoms with Crippen molar-refractivity contribution in [3.63, 3.8) is 0 Å². The Morgan fingerprint density at radius 1 is 0.875 bits per heavy atom. The molecule has 0 unspecified atom stereocenters. The summed E-state index contributed by atoms with van der Waals surface area (Å²) >= 11 is 3.82. The molecule has 1 aromatic heterocycles. The summed E-state index contributed by atoms with van der Waals surface area (Å²) in [5.41, 5.74) is 4.55. The van der Waals surface area contributed by atoms with Gasteiger partial charge in [0.1, 0.15) is 10.4 Å². The molecular formula is C13H24BrNSi. The highest BCUT2D eigenvalue weighted by molar-refractivity contribution is 9.10. The first-order chi connectivity index (χ1) is 7.29. The number of aromatic nitrogens is 1. The first-order valence-corrected chi connectivity index (χ1v) is 7.85. The molecule has 0 atom stereocenters. The van der Waals surface area contributed by atoms with Gasteiger partial charge in [-0.3, -0.25) is 0 Å². The van der Waals surface area contributed by atoms with Crippen LogP contribution in [0.25, 0.3) is 0 Å². The van der Waals surface area contributed by atoms with E-state index in [1.54, 1.807) is 0 Å². The topological polar surface area (TPSA) is 4.93 Å². The maximum atomic E-state index is 3.82. The highest BCUT2D eigenvalue weighted by Gasteiger charge is 2.23. The normalized spacial score (nSPS) is 12.4. The summed E-state index contributed by atoms with van der Waals surface area (Å²) < 4.78 is 3.88. The predicted octanol–water partition coefficient (Wildman–Crippen LogP) is 3.75. The average molecular weight is 302 g/mol. The van der Waals surface area contributed by atoms with E-state index in [1.807, 2.05) is 0 Å². The summed E-state index contributed by atoms with van der Waals surface area (Å²) in [7, 11) is 1.07. The Kier molecular flexibility index (Phi) is 4.47. The molecule has 16 heavy (non-hydrogen) atoms. The van der Waals surface area contributed by atoms with Gasteiger partial charge in [-0.1, -0.05) is 41.5 Å². The van der Waals surface area contributed by atoms with Crippen molar-refractivity contribution in [3.05, 3.63) is 21.4 Å². The van der Waals surface area contributed by atoms with Crippen LogP contribution in [0.4, 0.5) is 0 Å². The van der Waals surface area contributed by atoms with Gasteiger partial charge < -0.3 is 4.23 Å². The van der Waals surface area contributed by atoms with E-state index >= 15 is 0 Å². The molecule has 1 nitrogen and oxygen atoms in total. The molecule has 0 amide bonds. The summed E-state index contributed by atoms with van der Waals surface area (Å²) in [4.78, 5) is 0.